The number of nitrogens with zero attached hydrogens (tertiary/aromatic N) is 2. The Morgan fingerprint density at radius 3 is 2.34 bits per heavy atom. The first kappa shape index (κ1) is 27.4. The number of pyridine rings is 1. The summed E-state index contributed by atoms with van der Waals surface area (Å²) in [6, 6.07) is 9.37. The number of rotatable bonds is 9. The number of carbonyl (C=O) groups excluding carboxylic acids is 1. The number of H-pyrrole nitrogens is 1. The predicted molar refractivity (Wildman–Crippen MR) is 140 cm³/mol. The summed E-state index contributed by atoms with van der Waals surface area (Å²) in [4.78, 5) is 20.5. The lowest BCUT2D eigenvalue weighted by Gasteiger charge is -2.12. The van der Waals surface area contributed by atoms with Gasteiger partial charge in [-0.05, 0) is 42.3 Å². The van der Waals surface area contributed by atoms with Crippen LogP contribution >= 0.6 is 0 Å². The van der Waals surface area contributed by atoms with Gasteiger partial charge in [0.1, 0.15) is 11.5 Å². The first-order valence-corrected chi connectivity index (χ1v) is 14.5. The molecule has 2 heterocycles. The van der Waals surface area contributed by atoms with Gasteiger partial charge in [-0.3, -0.25) is 9.52 Å². The van der Waals surface area contributed by atoms with Crippen molar-refractivity contribution in [1.82, 2.24) is 14.3 Å². The van der Waals surface area contributed by atoms with Crippen LogP contribution in [0.15, 0.2) is 59.8 Å². The molecule has 0 atom stereocenters. The molecule has 38 heavy (non-hydrogen) atoms. The van der Waals surface area contributed by atoms with E-state index in [2.05, 4.69) is 14.7 Å². The molecule has 9 nitrogen and oxygen atoms in total. The van der Waals surface area contributed by atoms with Crippen molar-refractivity contribution < 1.29 is 30.4 Å². The van der Waals surface area contributed by atoms with Crippen LogP contribution in [0.2, 0.25) is 0 Å². The number of sulfonamides is 2. The number of aromatic nitrogens is 2. The summed E-state index contributed by atoms with van der Waals surface area (Å²) >= 11 is 0. The number of nitrogens with one attached hydrogen (secondary N) is 2. The Morgan fingerprint density at radius 2 is 1.71 bits per heavy atom. The van der Waals surface area contributed by atoms with Gasteiger partial charge < -0.3 is 4.98 Å². The Bertz CT molecular complexity index is 1750. The van der Waals surface area contributed by atoms with Crippen LogP contribution in [0.4, 0.5) is 14.5 Å². The Labute approximate surface area is 218 Å². The standard InChI is InChI=1S/C25H24F2N4O5S2/c1-4-11-37(33,34)30-21-10-9-20(26)22(23(21)27)24(32)19-14-29-25-18(19)12-16(13-28-25)15-5-7-17(8-6-15)38(35,36)31(2)3/h5-10,12-14,30H,4,11H2,1-3H3,(H,28,29). The minimum absolute atomic E-state index is 0.0764. The van der Waals surface area contributed by atoms with Crippen LogP contribution in [0, 0.1) is 11.6 Å². The molecule has 0 aliphatic heterocycles. The highest BCUT2D eigenvalue weighted by Gasteiger charge is 2.26. The predicted octanol–water partition coefficient (Wildman–Crippen LogP) is 4.14. The number of anilines is 1. The third-order valence-electron chi connectivity index (χ3n) is 5.80. The number of aromatic amines is 1. The molecule has 0 fully saturated rings. The number of hydrogen-bond donors (Lipinski definition) is 2. The minimum Gasteiger partial charge on any atom is -0.345 e. The third kappa shape index (κ3) is 5.17. The van der Waals surface area contributed by atoms with E-state index in [1.165, 1.54) is 38.6 Å². The van der Waals surface area contributed by atoms with E-state index < -0.39 is 48.7 Å². The van der Waals surface area contributed by atoms with Crippen LogP contribution in [0.25, 0.3) is 22.2 Å². The van der Waals surface area contributed by atoms with Crippen LogP contribution in [-0.2, 0) is 20.0 Å². The van der Waals surface area contributed by atoms with Crippen LogP contribution in [-0.4, -0.2) is 56.7 Å². The molecule has 0 amide bonds. The van der Waals surface area contributed by atoms with Crippen molar-refractivity contribution in [2.24, 2.45) is 0 Å². The highest BCUT2D eigenvalue weighted by atomic mass is 32.2. The Kier molecular flexibility index (Phi) is 7.37. The molecule has 0 unspecified atom stereocenters. The maximum atomic E-state index is 15.2. The lowest BCUT2D eigenvalue weighted by Crippen LogP contribution is -2.22. The largest absolute Gasteiger partial charge is 0.345 e. The second-order valence-electron chi connectivity index (χ2n) is 8.67. The maximum Gasteiger partial charge on any atom is 0.242 e. The fourth-order valence-electron chi connectivity index (χ4n) is 3.84. The molecule has 4 rings (SSSR count). The number of ketones is 1. The monoisotopic (exact) mass is 562 g/mol. The maximum absolute atomic E-state index is 15.2. The smallest absolute Gasteiger partial charge is 0.242 e. The van der Waals surface area contributed by atoms with E-state index in [0.29, 0.717) is 11.1 Å². The molecule has 0 saturated heterocycles. The zero-order valence-corrected chi connectivity index (χ0v) is 22.3. The van der Waals surface area contributed by atoms with Gasteiger partial charge in [0.2, 0.25) is 25.8 Å². The molecule has 13 heteroatoms. The molecular weight excluding hydrogens is 538 g/mol. The number of halogens is 2. The third-order valence-corrected chi connectivity index (χ3v) is 9.10. The molecule has 0 spiro atoms. The highest BCUT2D eigenvalue weighted by Crippen LogP contribution is 2.30. The van der Waals surface area contributed by atoms with Crippen molar-refractivity contribution in [1.29, 1.82) is 0 Å². The van der Waals surface area contributed by atoms with Gasteiger partial charge >= 0.3 is 0 Å². The van der Waals surface area contributed by atoms with Crippen molar-refractivity contribution in [3.05, 3.63) is 77.6 Å². The first-order chi connectivity index (χ1) is 17.9. The van der Waals surface area contributed by atoms with Crippen molar-refractivity contribution in [2.45, 2.75) is 18.2 Å². The van der Waals surface area contributed by atoms with E-state index in [0.717, 1.165) is 16.4 Å². The number of benzene rings is 2. The fourth-order valence-corrected chi connectivity index (χ4v) is 5.87. The Hall–Kier alpha value is -3.68. The van der Waals surface area contributed by atoms with E-state index >= 15 is 4.39 Å². The lowest BCUT2D eigenvalue weighted by molar-refractivity contribution is 0.103. The molecule has 0 saturated carbocycles. The van der Waals surface area contributed by atoms with E-state index in [1.807, 2.05) is 0 Å². The van der Waals surface area contributed by atoms with Crippen molar-refractivity contribution >= 4 is 42.6 Å². The van der Waals surface area contributed by atoms with Crippen LogP contribution in [0.3, 0.4) is 0 Å². The summed E-state index contributed by atoms with van der Waals surface area (Å²) in [5.41, 5.74) is -0.110. The zero-order valence-electron chi connectivity index (χ0n) is 20.6. The molecule has 0 aliphatic rings. The summed E-state index contributed by atoms with van der Waals surface area (Å²) in [7, 11) is -4.66. The normalized spacial score (nSPS) is 12.3. The van der Waals surface area contributed by atoms with Crippen molar-refractivity contribution in [2.75, 3.05) is 24.6 Å². The van der Waals surface area contributed by atoms with Crippen molar-refractivity contribution in [3.63, 3.8) is 0 Å². The summed E-state index contributed by atoms with van der Waals surface area (Å²) in [6.07, 6.45) is 3.05. The van der Waals surface area contributed by atoms with Crippen LogP contribution < -0.4 is 4.72 Å². The van der Waals surface area contributed by atoms with Gasteiger partial charge in [-0.2, -0.15) is 0 Å². The van der Waals surface area contributed by atoms with Gasteiger partial charge in [0.15, 0.2) is 5.82 Å². The number of hydrogen-bond acceptors (Lipinski definition) is 6. The fraction of sp³-hybridized carbons (Fsp3) is 0.200. The Morgan fingerprint density at radius 1 is 1.03 bits per heavy atom. The Balaban J connectivity index is 1.74. The zero-order chi connectivity index (χ0) is 27.8. The molecule has 0 radical (unpaired) electrons. The second-order valence-corrected chi connectivity index (χ2v) is 12.7. The first-order valence-electron chi connectivity index (χ1n) is 11.4. The average molecular weight is 563 g/mol. The SMILES string of the molecule is CCCS(=O)(=O)Nc1ccc(F)c(C(=O)c2c[nH]c3ncc(-c4ccc(S(=O)(=O)N(C)C)cc4)cc23)c1F. The molecule has 0 aliphatic carbocycles. The van der Waals surface area contributed by atoms with Gasteiger partial charge in [0.05, 0.1) is 21.9 Å². The summed E-state index contributed by atoms with van der Waals surface area (Å²) in [6.45, 7) is 1.63. The van der Waals surface area contributed by atoms with Gasteiger partial charge in [0, 0.05) is 43.0 Å². The van der Waals surface area contributed by atoms with Gasteiger partial charge in [0.25, 0.3) is 0 Å². The minimum atomic E-state index is -3.88. The number of carbonyl (C=O) groups is 1. The summed E-state index contributed by atoms with van der Waals surface area (Å²) in [5, 5.41) is 0.272. The van der Waals surface area contributed by atoms with E-state index in [1.54, 1.807) is 25.1 Å². The van der Waals surface area contributed by atoms with Gasteiger partial charge in [-0.25, -0.2) is 34.9 Å². The quantitative estimate of drug-likeness (QED) is 0.295. The van der Waals surface area contributed by atoms with Gasteiger partial charge in [-0.1, -0.05) is 19.1 Å². The summed E-state index contributed by atoms with van der Waals surface area (Å²) < 4.78 is 81.9. The van der Waals surface area contributed by atoms with Crippen molar-refractivity contribution in [3.8, 4) is 11.1 Å². The van der Waals surface area contributed by atoms with Crippen LogP contribution in [0.5, 0.6) is 0 Å². The molecule has 4 aromatic rings. The molecular formula is C25H24F2N4O5S2. The topological polar surface area (TPSA) is 129 Å². The van der Waals surface area contributed by atoms with Gasteiger partial charge in [-0.15, -0.1) is 0 Å². The number of fused-ring (bicyclic) bond motifs is 1. The van der Waals surface area contributed by atoms with Crippen LogP contribution in [0.1, 0.15) is 29.3 Å². The molecule has 2 N–H and O–H groups in total. The van der Waals surface area contributed by atoms with E-state index in [9.17, 15) is 26.0 Å². The molecule has 2 aromatic heterocycles. The molecule has 200 valence electrons. The molecule has 0 bridgehead atoms. The second kappa shape index (κ2) is 10.2. The lowest BCUT2D eigenvalue weighted by atomic mass is 10.00. The molecule has 2 aromatic carbocycles. The summed E-state index contributed by atoms with van der Waals surface area (Å²) in [5.74, 6) is -3.76. The van der Waals surface area contributed by atoms with E-state index in [4.69, 9.17) is 0 Å². The highest BCUT2D eigenvalue weighted by molar-refractivity contribution is 7.92. The average Bonchev–Trinajstić information content (AvgIpc) is 3.29. The van der Waals surface area contributed by atoms with E-state index in [-0.39, 0.29) is 33.7 Å².